The molecule has 0 bridgehead atoms. The standard InChI is InChI=1S/C12H12N2O3/c1-15-9-4-3-5-10(6-9)17-12-7-11(16-2)13-8-14-12/h3-8H,1-2H3. The summed E-state index contributed by atoms with van der Waals surface area (Å²) >= 11 is 0. The van der Waals surface area contributed by atoms with Gasteiger partial charge in [-0.1, -0.05) is 6.07 Å². The molecule has 0 fully saturated rings. The third kappa shape index (κ3) is 2.84. The second-order valence-electron chi connectivity index (χ2n) is 3.18. The quantitative estimate of drug-likeness (QED) is 0.809. The molecule has 5 heteroatoms. The molecule has 0 radical (unpaired) electrons. The number of hydrogen-bond acceptors (Lipinski definition) is 5. The lowest BCUT2D eigenvalue weighted by Crippen LogP contribution is -1.92. The van der Waals surface area contributed by atoms with Crippen molar-refractivity contribution < 1.29 is 14.2 Å². The fourth-order valence-electron chi connectivity index (χ4n) is 1.28. The molecular weight excluding hydrogens is 220 g/mol. The minimum atomic E-state index is 0.421. The van der Waals surface area contributed by atoms with E-state index in [4.69, 9.17) is 14.2 Å². The Bertz CT molecular complexity index is 457. The summed E-state index contributed by atoms with van der Waals surface area (Å²) in [5.41, 5.74) is 0. The van der Waals surface area contributed by atoms with Crippen molar-refractivity contribution in [1.29, 1.82) is 0 Å². The van der Waals surface area contributed by atoms with Crippen LogP contribution in [0.5, 0.6) is 23.3 Å². The molecule has 0 aliphatic rings. The molecule has 0 aliphatic carbocycles. The Labute approximate surface area is 99.0 Å². The highest BCUT2D eigenvalue weighted by atomic mass is 16.5. The first-order chi connectivity index (χ1) is 8.31. The zero-order chi connectivity index (χ0) is 12.1. The van der Waals surface area contributed by atoms with Crippen molar-refractivity contribution in [2.75, 3.05) is 14.2 Å². The smallest absolute Gasteiger partial charge is 0.226 e. The molecule has 0 saturated heterocycles. The van der Waals surface area contributed by atoms with Gasteiger partial charge in [-0.25, -0.2) is 9.97 Å². The van der Waals surface area contributed by atoms with Gasteiger partial charge in [0, 0.05) is 6.07 Å². The fourth-order valence-corrected chi connectivity index (χ4v) is 1.28. The maximum atomic E-state index is 5.55. The van der Waals surface area contributed by atoms with E-state index in [-0.39, 0.29) is 0 Å². The van der Waals surface area contributed by atoms with Gasteiger partial charge in [-0.2, -0.15) is 0 Å². The van der Waals surface area contributed by atoms with Gasteiger partial charge < -0.3 is 14.2 Å². The molecule has 5 nitrogen and oxygen atoms in total. The second kappa shape index (κ2) is 5.16. The Morgan fingerprint density at radius 2 is 1.65 bits per heavy atom. The van der Waals surface area contributed by atoms with Crippen LogP contribution >= 0.6 is 0 Å². The minimum absolute atomic E-state index is 0.421. The van der Waals surface area contributed by atoms with Gasteiger partial charge in [0.05, 0.1) is 20.3 Å². The van der Waals surface area contributed by atoms with Crippen molar-refractivity contribution in [3.63, 3.8) is 0 Å². The van der Waals surface area contributed by atoms with Crippen LogP contribution in [0.3, 0.4) is 0 Å². The van der Waals surface area contributed by atoms with E-state index in [0.717, 1.165) is 5.75 Å². The first-order valence-corrected chi connectivity index (χ1v) is 5.00. The molecule has 2 rings (SSSR count). The Morgan fingerprint density at radius 3 is 2.41 bits per heavy atom. The van der Waals surface area contributed by atoms with Gasteiger partial charge in [0.15, 0.2) is 0 Å². The molecule has 0 saturated carbocycles. The number of ether oxygens (including phenoxy) is 3. The molecule has 0 amide bonds. The zero-order valence-electron chi connectivity index (χ0n) is 9.58. The Morgan fingerprint density at radius 1 is 0.882 bits per heavy atom. The van der Waals surface area contributed by atoms with Gasteiger partial charge in [-0.05, 0) is 12.1 Å². The molecule has 1 aromatic heterocycles. The molecule has 88 valence electrons. The molecule has 1 heterocycles. The number of aromatic nitrogens is 2. The first kappa shape index (κ1) is 11.2. The normalized spacial score (nSPS) is 9.76. The van der Waals surface area contributed by atoms with Crippen LogP contribution in [0.15, 0.2) is 36.7 Å². The van der Waals surface area contributed by atoms with Crippen LogP contribution in [0.2, 0.25) is 0 Å². The van der Waals surface area contributed by atoms with Crippen LogP contribution in [-0.2, 0) is 0 Å². The van der Waals surface area contributed by atoms with Gasteiger partial charge in [-0.3, -0.25) is 0 Å². The van der Waals surface area contributed by atoms with E-state index in [2.05, 4.69) is 9.97 Å². The summed E-state index contributed by atoms with van der Waals surface area (Å²) < 4.78 is 15.6. The van der Waals surface area contributed by atoms with E-state index in [1.807, 2.05) is 18.2 Å². The van der Waals surface area contributed by atoms with Crippen LogP contribution in [0.1, 0.15) is 0 Å². The highest BCUT2D eigenvalue weighted by Gasteiger charge is 2.02. The lowest BCUT2D eigenvalue weighted by atomic mass is 10.3. The molecule has 2 aromatic rings. The fraction of sp³-hybridized carbons (Fsp3) is 0.167. The van der Waals surface area contributed by atoms with E-state index in [9.17, 15) is 0 Å². The summed E-state index contributed by atoms with van der Waals surface area (Å²) in [4.78, 5) is 7.88. The summed E-state index contributed by atoms with van der Waals surface area (Å²) in [6.45, 7) is 0. The maximum Gasteiger partial charge on any atom is 0.226 e. The Balaban J connectivity index is 2.18. The summed E-state index contributed by atoms with van der Waals surface area (Å²) in [5.74, 6) is 2.25. The summed E-state index contributed by atoms with van der Waals surface area (Å²) in [6, 6.07) is 8.88. The molecular formula is C12H12N2O3. The van der Waals surface area contributed by atoms with Crippen molar-refractivity contribution in [2.45, 2.75) is 0 Å². The van der Waals surface area contributed by atoms with E-state index in [1.165, 1.54) is 13.4 Å². The van der Waals surface area contributed by atoms with Crippen molar-refractivity contribution in [1.82, 2.24) is 9.97 Å². The lowest BCUT2D eigenvalue weighted by Gasteiger charge is -2.06. The zero-order valence-corrected chi connectivity index (χ0v) is 9.58. The number of benzene rings is 1. The number of hydrogen-bond donors (Lipinski definition) is 0. The minimum Gasteiger partial charge on any atom is -0.497 e. The molecule has 0 aliphatic heterocycles. The Hall–Kier alpha value is -2.30. The molecule has 17 heavy (non-hydrogen) atoms. The molecule has 0 atom stereocenters. The van der Waals surface area contributed by atoms with Crippen LogP contribution in [0.25, 0.3) is 0 Å². The predicted molar refractivity (Wildman–Crippen MR) is 61.7 cm³/mol. The first-order valence-electron chi connectivity index (χ1n) is 5.00. The average Bonchev–Trinajstić information content (AvgIpc) is 2.39. The van der Waals surface area contributed by atoms with Gasteiger partial charge in [0.25, 0.3) is 0 Å². The topological polar surface area (TPSA) is 53.5 Å². The van der Waals surface area contributed by atoms with Crippen LogP contribution in [0, 0.1) is 0 Å². The average molecular weight is 232 g/mol. The molecule has 0 unspecified atom stereocenters. The second-order valence-corrected chi connectivity index (χ2v) is 3.18. The van der Waals surface area contributed by atoms with Crippen molar-refractivity contribution in [3.05, 3.63) is 36.7 Å². The SMILES string of the molecule is COc1cccc(Oc2cc(OC)ncn2)c1. The number of rotatable bonds is 4. The van der Waals surface area contributed by atoms with E-state index in [0.29, 0.717) is 17.5 Å². The van der Waals surface area contributed by atoms with Gasteiger partial charge >= 0.3 is 0 Å². The van der Waals surface area contributed by atoms with Crippen LogP contribution < -0.4 is 14.2 Å². The van der Waals surface area contributed by atoms with Crippen molar-refractivity contribution >= 4 is 0 Å². The van der Waals surface area contributed by atoms with Crippen LogP contribution in [0.4, 0.5) is 0 Å². The van der Waals surface area contributed by atoms with Gasteiger partial charge in [-0.15, -0.1) is 0 Å². The highest BCUT2D eigenvalue weighted by molar-refractivity contribution is 5.35. The predicted octanol–water partition coefficient (Wildman–Crippen LogP) is 2.29. The van der Waals surface area contributed by atoms with E-state index in [1.54, 1.807) is 19.2 Å². The largest absolute Gasteiger partial charge is 0.497 e. The summed E-state index contributed by atoms with van der Waals surface area (Å²) in [5, 5.41) is 0. The monoisotopic (exact) mass is 232 g/mol. The Kier molecular flexibility index (Phi) is 3.40. The maximum absolute atomic E-state index is 5.55. The van der Waals surface area contributed by atoms with Crippen molar-refractivity contribution in [3.8, 4) is 23.3 Å². The summed E-state index contributed by atoms with van der Waals surface area (Å²) in [6.07, 6.45) is 1.38. The summed E-state index contributed by atoms with van der Waals surface area (Å²) in [7, 11) is 3.14. The van der Waals surface area contributed by atoms with Gasteiger partial charge in [0.1, 0.15) is 17.8 Å². The van der Waals surface area contributed by atoms with E-state index >= 15 is 0 Å². The van der Waals surface area contributed by atoms with E-state index < -0.39 is 0 Å². The lowest BCUT2D eigenvalue weighted by molar-refractivity contribution is 0.386. The van der Waals surface area contributed by atoms with Gasteiger partial charge in [0.2, 0.25) is 11.8 Å². The highest BCUT2D eigenvalue weighted by Crippen LogP contribution is 2.24. The number of methoxy groups -OCH3 is 2. The molecule has 0 spiro atoms. The molecule has 1 aromatic carbocycles. The molecule has 0 N–H and O–H groups in total. The van der Waals surface area contributed by atoms with Crippen molar-refractivity contribution in [2.24, 2.45) is 0 Å². The van der Waals surface area contributed by atoms with Crippen LogP contribution in [-0.4, -0.2) is 24.2 Å². The number of nitrogens with zero attached hydrogens (tertiary/aromatic N) is 2. The third-order valence-corrected chi connectivity index (χ3v) is 2.09. The third-order valence-electron chi connectivity index (χ3n) is 2.09.